The molecule has 1 aromatic rings. The lowest BCUT2D eigenvalue weighted by molar-refractivity contribution is -0.141. The number of halogens is 2. The number of amides is 1. The molecule has 1 N–H and O–H groups in total. The number of carbonyl (C=O) groups is 2. The molecule has 1 aliphatic heterocycles. The maximum Gasteiger partial charge on any atom is 0.308 e. The standard InChI is InChI=1S/C15H17Cl2NO3/c16-12-5-4-10(8-13(12)17)2-1-3-14(19)18-7-6-11(9-18)15(20)21/h4-5,8,11H,1-3,6-7,9H2,(H,20,21). The summed E-state index contributed by atoms with van der Waals surface area (Å²) < 4.78 is 0. The molecular weight excluding hydrogens is 313 g/mol. The second-order valence-corrected chi connectivity index (χ2v) is 6.08. The molecule has 0 bridgehead atoms. The van der Waals surface area contributed by atoms with Crippen molar-refractivity contribution in [2.24, 2.45) is 5.92 Å². The molecule has 0 saturated carbocycles. The molecule has 0 spiro atoms. The van der Waals surface area contributed by atoms with Crippen molar-refractivity contribution in [1.82, 2.24) is 4.90 Å². The number of carboxylic acids is 1. The smallest absolute Gasteiger partial charge is 0.308 e. The second-order valence-electron chi connectivity index (χ2n) is 5.27. The maximum atomic E-state index is 12.0. The highest BCUT2D eigenvalue weighted by Crippen LogP contribution is 2.23. The molecule has 2 rings (SSSR count). The first-order valence-corrected chi connectivity index (χ1v) is 7.67. The third-order valence-electron chi connectivity index (χ3n) is 3.73. The molecule has 1 atom stereocenters. The predicted molar refractivity (Wildman–Crippen MR) is 81.7 cm³/mol. The molecule has 6 heteroatoms. The van der Waals surface area contributed by atoms with Crippen molar-refractivity contribution in [3.63, 3.8) is 0 Å². The summed E-state index contributed by atoms with van der Waals surface area (Å²) in [6, 6.07) is 5.46. The Bertz CT molecular complexity index is 548. The summed E-state index contributed by atoms with van der Waals surface area (Å²) in [4.78, 5) is 24.5. The van der Waals surface area contributed by atoms with Gasteiger partial charge in [-0.05, 0) is 37.0 Å². The van der Waals surface area contributed by atoms with Gasteiger partial charge in [0.15, 0.2) is 0 Å². The third-order valence-corrected chi connectivity index (χ3v) is 4.47. The highest BCUT2D eigenvalue weighted by atomic mass is 35.5. The molecule has 4 nitrogen and oxygen atoms in total. The average molecular weight is 330 g/mol. The lowest BCUT2D eigenvalue weighted by Gasteiger charge is -2.15. The largest absolute Gasteiger partial charge is 0.481 e. The van der Waals surface area contributed by atoms with Crippen LogP contribution in [0, 0.1) is 5.92 Å². The minimum absolute atomic E-state index is 0.0267. The molecular formula is C15H17Cl2NO3. The van der Waals surface area contributed by atoms with E-state index in [4.69, 9.17) is 28.3 Å². The van der Waals surface area contributed by atoms with Crippen molar-refractivity contribution >= 4 is 35.1 Å². The summed E-state index contributed by atoms with van der Waals surface area (Å²) in [6.07, 6.45) is 2.43. The lowest BCUT2D eigenvalue weighted by Crippen LogP contribution is -2.29. The molecule has 0 radical (unpaired) electrons. The van der Waals surface area contributed by atoms with Gasteiger partial charge in [0.25, 0.3) is 0 Å². The molecule has 1 unspecified atom stereocenters. The minimum atomic E-state index is -0.818. The maximum absolute atomic E-state index is 12.0. The van der Waals surface area contributed by atoms with Crippen molar-refractivity contribution in [1.29, 1.82) is 0 Å². The molecule has 0 aliphatic carbocycles. The number of hydrogen-bond acceptors (Lipinski definition) is 2. The van der Waals surface area contributed by atoms with Crippen LogP contribution in [0.2, 0.25) is 10.0 Å². The van der Waals surface area contributed by atoms with Crippen LogP contribution < -0.4 is 0 Å². The van der Waals surface area contributed by atoms with Crippen LogP contribution in [0.25, 0.3) is 0 Å². The number of carbonyl (C=O) groups excluding carboxylic acids is 1. The summed E-state index contributed by atoms with van der Waals surface area (Å²) in [5, 5.41) is 9.96. The molecule has 21 heavy (non-hydrogen) atoms. The van der Waals surface area contributed by atoms with Gasteiger partial charge in [-0.1, -0.05) is 29.3 Å². The molecule has 0 aromatic heterocycles. The topological polar surface area (TPSA) is 57.6 Å². The van der Waals surface area contributed by atoms with Gasteiger partial charge in [0.2, 0.25) is 5.91 Å². The Labute approximate surface area is 133 Å². The van der Waals surface area contributed by atoms with E-state index in [1.165, 1.54) is 0 Å². The number of aryl methyl sites for hydroxylation is 1. The highest BCUT2D eigenvalue weighted by molar-refractivity contribution is 6.42. The lowest BCUT2D eigenvalue weighted by atomic mass is 10.1. The van der Waals surface area contributed by atoms with Crippen LogP contribution in [0.3, 0.4) is 0 Å². The Hall–Kier alpha value is -1.26. The van der Waals surface area contributed by atoms with Crippen molar-refractivity contribution in [3.8, 4) is 0 Å². The van der Waals surface area contributed by atoms with Crippen LogP contribution >= 0.6 is 23.2 Å². The SMILES string of the molecule is O=C(O)C1CCN(C(=O)CCCc2ccc(Cl)c(Cl)c2)C1. The van der Waals surface area contributed by atoms with Gasteiger partial charge in [0.1, 0.15) is 0 Å². The van der Waals surface area contributed by atoms with Gasteiger partial charge >= 0.3 is 5.97 Å². The van der Waals surface area contributed by atoms with E-state index in [0.717, 1.165) is 12.0 Å². The van der Waals surface area contributed by atoms with E-state index in [-0.39, 0.29) is 5.91 Å². The Morgan fingerprint density at radius 2 is 2.05 bits per heavy atom. The van der Waals surface area contributed by atoms with Gasteiger partial charge in [-0.3, -0.25) is 9.59 Å². The first-order valence-electron chi connectivity index (χ1n) is 6.92. The molecule has 1 saturated heterocycles. The Balaban J connectivity index is 1.77. The summed E-state index contributed by atoms with van der Waals surface area (Å²) in [6.45, 7) is 0.878. The van der Waals surface area contributed by atoms with E-state index in [2.05, 4.69) is 0 Å². The first kappa shape index (κ1) is 16.1. The molecule has 1 heterocycles. The Morgan fingerprint density at radius 3 is 2.67 bits per heavy atom. The van der Waals surface area contributed by atoms with E-state index in [9.17, 15) is 9.59 Å². The van der Waals surface area contributed by atoms with Crippen molar-refractivity contribution < 1.29 is 14.7 Å². The number of rotatable bonds is 5. The van der Waals surface area contributed by atoms with Gasteiger partial charge < -0.3 is 10.0 Å². The zero-order valence-electron chi connectivity index (χ0n) is 11.5. The Kier molecular flexibility index (Phi) is 5.48. The quantitative estimate of drug-likeness (QED) is 0.902. The summed E-state index contributed by atoms with van der Waals surface area (Å²) in [5.41, 5.74) is 1.04. The number of hydrogen-bond donors (Lipinski definition) is 1. The van der Waals surface area contributed by atoms with E-state index < -0.39 is 11.9 Å². The molecule has 1 fully saturated rings. The number of likely N-dealkylation sites (tertiary alicyclic amines) is 1. The molecule has 114 valence electrons. The Morgan fingerprint density at radius 1 is 1.29 bits per heavy atom. The van der Waals surface area contributed by atoms with Crippen LogP contribution in [0.5, 0.6) is 0 Å². The summed E-state index contributed by atoms with van der Waals surface area (Å²) >= 11 is 11.8. The van der Waals surface area contributed by atoms with Crippen molar-refractivity contribution in [2.45, 2.75) is 25.7 Å². The van der Waals surface area contributed by atoms with Gasteiger partial charge in [-0.25, -0.2) is 0 Å². The van der Waals surface area contributed by atoms with Crippen LogP contribution in [0.1, 0.15) is 24.8 Å². The molecule has 1 aliphatic rings. The molecule has 1 amide bonds. The zero-order chi connectivity index (χ0) is 15.4. The third kappa shape index (κ3) is 4.35. The van der Waals surface area contributed by atoms with E-state index >= 15 is 0 Å². The predicted octanol–water partition coefficient (Wildman–Crippen LogP) is 3.25. The van der Waals surface area contributed by atoms with E-state index in [1.54, 1.807) is 11.0 Å². The van der Waals surface area contributed by atoms with Crippen LogP contribution in [-0.2, 0) is 16.0 Å². The van der Waals surface area contributed by atoms with Gasteiger partial charge in [0, 0.05) is 19.5 Å². The summed E-state index contributed by atoms with van der Waals surface area (Å²) in [7, 11) is 0. The van der Waals surface area contributed by atoms with Crippen molar-refractivity contribution in [3.05, 3.63) is 33.8 Å². The van der Waals surface area contributed by atoms with Gasteiger partial charge in [0.05, 0.1) is 16.0 Å². The van der Waals surface area contributed by atoms with E-state index in [0.29, 0.717) is 42.4 Å². The number of carboxylic acid groups (broad SMARTS) is 1. The fraction of sp³-hybridized carbons (Fsp3) is 0.467. The average Bonchev–Trinajstić information content (AvgIpc) is 2.92. The number of benzene rings is 1. The monoisotopic (exact) mass is 329 g/mol. The summed E-state index contributed by atoms with van der Waals surface area (Å²) in [5.74, 6) is -1.20. The fourth-order valence-electron chi connectivity index (χ4n) is 2.49. The number of nitrogens with zero attached hydrogens (tertiary/aromatic N) is 1. The van der Waals surface area contributed by atoms with Crippen LogP contribution in [-0.4, -0.2) is 35.0 Å². The number of aliphatic carboxylic acids is 1. The highest BCUT2D eigenvalue weighted by Gasteiger charge is 2.30. The van der Waals surface area contributed by atoms with Crippen LogP contribution in [0.4, 0.5) is 0 Å². The first-order chi connectivity index (χ1) is 9.97. The van der Waals surface area contributed by atoms with Gasteiger partial charge in [-0.15, -0.1) is 0 Å². The zero-order valence-corrected chi connectivity index (χ0v) is 13.0. The van der Waals surface area contributed by atoms with E-state index in [1.807, 2.05) is 12.1 Å². The molecule has 1 aromatic carbocycles. The normalized spacial score (nSPS) is 18.0. The minimum Gasteiger partial charge on any atom is -0.481 e. The van der Waals surface area contributed by atoms with Gasteiger partial charge in [-0.2, -0.15) is 0 Å². The second kappa shape index (κ2) is 7.14. The van der Waals surface area contributed by atoms with Crippen molar-refractivity contribution in [2.75, 3.05) is 13.1 Å². The fourth-order valence-corrected chi connectivity index (χ4v) is 2.81. The van der Waals surface area contributed by atoms with Crippen LogP contribution in [0.15, 0.2) is 18.2 Å².